The van der Waals surface area contributed by atoms with Crippen LogP contribution in [0.1, 0.15) is 39.3 Å². The molecule has 19 heavy (non-hydrogen) atoms. The van der Waals surface area contributed by atoms with E-state index in [1.807, 2.05) is 11.6 Å². The van der Waals surface area contributed by atoms with Crippen molar-refractivity contribution in [2.24, 2.45) is 5.92 Å². The van der Waals surface area contributed by atoms with Crippen molar-refractivity contribution >= 4 is 11.5 Å². The fourth-order valence-electron chi connectivity index (χ4n) is 1.86. The number of nitrogens with one attached hydrogen (secondary N) is 1. The van der Waals surface area contributed by atoms with Crippen LogP contribution in [0.5, 0.6) is 0 Å². The van der Waals surface area contributed by atoms with Crippen molar-refractivity contribution < 1.29 is 4.74 Å². The normalized spacial score (nSPS) is 11.2. The molecule has 1 heterocycles. The van der Waals surface area contributed by atoms with Gasteiger partial charge in [-0.25, -0.2) is 4.68 Å². The Labute approximate surface area is 116 Å². The first-order chi connectivity index (χ1) is 9.06. The predicted molar refractivity (Wildman–Crippen MR) is 80.4 cm³/mol. The average molecular weight is 268 g/mol. The van der Waals surface area contributed by atoms with E-state index in [9.17, 15) is 0 Å². The molecule has 1 aromatic rings. The Morgan fingerprint density at radius 3 is 2.79 bits per heavy atom. The molecule has 0 aromatic carbocycles. The number of hydrogen-bond acceptors (Lipinski definition) is 4. The van der Waals surface area contributed by atoms with Crippen LogP contribution in [0.3, 0.4) is 0 Å². The zero-order valence-electron chi connectivity index (χ0n) is 12.7. The second kappa shape index (κ2) is 8.04. The molecule has 0 saturated carbocycles. The maximum absolute atomic E-state index is 6.04. The van der Waals surface area contributed by atoms with Gasteiger partial charge in [-0.3, -0.25) is 0 Å². The molecule has 0 unspecified atom stereocenters. The van der Waals surface area contributed by atoms with Gasteiger partial charge in [0.05, 0.1) is 11.4 Å². The third-order valence-corrected chi connectivity index (χ3v) is 2.82. The second-order valence-corrected chi connectivity index (χ2v) is 5.32. The zero-order valence-corrected chi connectivity index (χ0v) is 12.7. The topological polar surface area (TPSA) is 65.1 Å². The van der Waals surface area contributed by atoms with Crippen LogP contribution < -0.4 is 11.1 Å². The minimum atomic E-state index is 0.595. The third kappa shape index (κ3) is 5.11. The molecular formula is C14H28N4O. The molecule has 110 valence electrons. The zero-order chi connectivity index (χ0) is 14.3. The van der Waals surface area contributed by atoms with Crippen LogP contribution in [0, 0.1) is 12.8 Å². The molecule has 0 aliphatic rings. The van der Waals surface area contributed by atoms with Crippen molar-refractivity contribution in [1.29, 1.82) is 0 Å². The first kappa shape index (κ1) is 15.8. The minimum Gasteiger partial charge on any atom is -0.394 e. The Morgan fingerprint density at radius 1 is 1.42 bits per heavy atom. The van der Waals surface area contributed by atoms with Gasteiger partial charge >= 0.3 is 0 Å². The molecule has 0 amide bonds. The van der Waals surface area contributed by atoms with Crippen LogP contribution in [0.2, 0.25) is 0 Å². The first-order valence-corrected chi connectivity index (χ1v) is 7.20. The first-order valence-electron chi connectivity index (χ1n) is 7.20. The average Bonchev–Trinajstić information content (AvgIpc) is 2.61. The minimum absolute atomic E-state index is 0.595. The monoisotopic (exact) mass is 268 g/mol. The number of hydrogen-bond donors (Lipinski definition) is 2. The number of nitrogens with zero attached hydrogens (tertiary/aromatic N) is 2. The maximum atomic E-state index is 6.04. The van der Waals surface area contributed by atoms with Gasteiger partial charge in [0, 0.05) is 26.3 Å². The molecule has 0 aliphatic heterocycles. The molecular weight excluding hydrogens is 240 g/mol. The largest absolute Gasteiger partial charge is 0.394 e. The van der Waals surface area contributed by atoms with Crippen LogP contribution in [-0.4, -0.2) is 29.5 Å². The fourth-order valence-corrected chi connectivity index (χ4v) is 1.86. The SMILES string of the molecule is CCCn1nc(C)c(N)c1NCCCOCC(C)C. The smallest absolute Gasteiger partial charge is 0.148 e. The van der Waals surface area contributed by atoms with E-state index in [0.29, 0.717) is 5.92 Å². The Hall–Kier alpha value is -1.23. The van der Waals surface area contributed by atoms with Crippen molar-refractivity contribution in [1.82, 2.24) is 9.78 Å². The highest BCUT2D eigenvalue weighted by Crippen LogP contribution is 2.22. The molecule has 0 radical (unpaired) electrons. The number of anilines is 2. The van der Waals surface area contributed by atoms with E-state index in [-0.39, 0.29) is 0 Å². The van der Waals surface area contributed by atoms with E-state index in [1.165, 1.54) is 0 Å². The van der Waals surface area contributed by atoms with Gasteiger partial charge in [-0.2, -0.15) is 5.10 Å². The van der Waals surface area contributed by atoms with Gasteiger partial charge in [-0.15, -0.1) is 0 Å². The summed E-state index contributed by atoms with van der Waals surface area (Å²) >= 11 is 0. The van der Waals surface area contributed by atoms with Gasteiger partial charge in [0.1, 0.15) is 5.82 Å². The van der Waals surface area contributed by atoms with Crippen molar-refractivity contribution in [3.8, 4) is 0 Å². The summed E-state index contributed by atoms with van der Waals surface area (Å²) in [5.74, 6) is 1.54. The number of aromatic nitrogens is 2. The number of ether oxygens (including phenoxy) is 1. The lowest BCUT2D eigenvalue weighted by Gasteiger charge is -2.11. The van der Waals surface area contributed by atoms with E-state index < -0.39 is 0 Å². The van der Waals surface area contributed by atoms with Gasteiger partial charge in [-0.05, 0) is 25.7 Å². The Morgan fingerprint density at radius 2 is 2.16 bits per heavy atom. The maximum Gasteiger partial charge on any atom is 0.148 e. The quantitative estimate of drug-likeness (QED) is 0.676. The molecule has 0 fully saturated rings. The lowest BCUT2D eigenvalue weighted by molar-refractivity contribution is 0.110. The van der Waals surface area contributed by atoms with Crippen molar-refractivity contribution in [2.45, 2.75) is 47.1 Å². The number of aryl methyl sites for hydroxylation is 2. The number of rotatable bonds is 9. The molecule has 0 saturated heterocycles. The summed E-state index contributed by atoms with van der Waals surface area (Å²) in [6.45, 7) is 11.8. The molecule has 0 spiro atoms. The van der Waals surface area contributed by atoms with Crippen LogP contribution in [0.25, 0.3) is 0 Å². The molecule has 0 bridgehead atoms. The fraction of sp³-hybridized carbons (Fsp3) is 0.786. The van der Waals surface area contributed by atoms with Crippen LogP contribution in [0.15, 0.2) is 0 Å². The summed E-state index contributed by atoms with van der Waals surface area (Å²) in [5.41, 5.74) is 7.69. The van der Waals surface area contributed by atoms with E-state index in [0.717, 1.165) is 56.3 Å². The van der Waals surface area contributed by atoms with Gasteiger partial charge in [-0.1, -0.05) is 20.8 Å². The van der Waals surface area contributed by atoms with Crippen molar-refractivity contribution in [2.75, 3.05) is 30.8 Å². The molecule has 0 aliphatic carbocycles. The van der Waals surface area contributed by atoms with E-state index in [4.69, 9.17) is 10.5 Å². The summed E-state index contributed by atoms with van der Waals surface area (Å²) in [7, 11) is 0. The highest BCUT2D eigenvalue weighted by molar-refractivity contribution is 5.64. The molecule has 3 N–H and O–H groups in total. The molecule has 5 nitrogen and oxygen atoms in total. The summed E-state index contributed by atoms with van der Waals surface area (Å²) in [4.78, 5) is 0. The summed E-state index contributed by atoms with van der Waals surface area (Å²) < 4.78 is 7.51. The third-order valence-electron chi connectivity index (χ3n) is 2.82. The van der Waals surface area contributed by atoms with Crippen LogP contribution >= 0.6 is 0 Å². The number of nitrogens with two attached hydrogens (primary N) is 1. The molecule has 1 rings (SSSR count). The van der Waals surface area contributed by atoms with E-state index in [2.05, 4.69) is 31.2 Å². The lowest BCUT2D eigenvalue weighted by atomic mass is 10.2. The highest BCUT2D eigenvalue weighted by atomic mass is 16.5. The Bertz CT molecular complexity index is 374. The van der Waals surface area contributed by atoms with Gasteiger partial charge < -0.3 is 15.8 Å². The molecule has 5 heteroatoms. The predicted octanol–water partition coefficient (Wildman–Crippen LogP) is 2.66. The van der Waals surface area contributed by atoms with Gasteiger partial charge in [0.25, 0.3) is 0 Å². The van der Waals surface area contributed by atoms with Crippen LogP contribution in [-0.2, 0) is 11.3 Å². The van der Waals surface area contributed by atoms with E-state index >= 15 is 0 Å². The summed E-state index contributed by atoms with van der Waals surface area (Å²) in [6, 6.07) is 0. The summed E-state index contributed by atoms with van der Waals surface area (Å²) in [6.07, 6.45) is 2.02. The lowest BCUT2D eigenvalue weighted by Crippen LogP contribution is -2.12. The Kier molecular flexibility index (Phi) is 6.70. The summed E-state index contributed by atoms with van der Waals surface area (Å²) in [5, 5.41) is 7.81. The van der Waals surface area contributed by atoms with Crippen molar-refractivity contribution in [3.05, 3.63) is 5.69 Å². The molecule has 1 aromatic heterocycles. The molecule has 0 atom stereocenters. The standard InChI is InChI=1S/C14H28N4O/c1-5-8-18-14(13(15)12(4)17-18)16-7-6-9-19-10-11(2)3/h11,16H,5-10,15H2,1-4H3. The highest BCUT2D eigenvalue weighted by Gasteiger charge is 2.10. The van der Waals surface area contributed by atoms with Crippen LogP contribution in [0.4, 0.5) is 11.5 Å². The second-order valence-electron chi connectivity index (χ2n) is 5.32. The Balaban J connectivity index is 2.36. The van der Waals surface area contributed by atoms with E-state index in [1.54, 1.807) is 0 Å². The number of nitrogen functional groups attached to an aromatic ring is 1. The van der Waals surface area contributed by atoms with Gasteiger partial charge in [0.2, 0.25) is 0 Å². The van der Waals surface area contributed by atoms with Crippen molar-refractivity contribution in [3.63, 3.8) is 0 Å². The van der Waals surface area contributed by atoms with Gasteiger partial charge in [0.15, 0.2) is 0 Å².